The lowest BCUT2D eigenvalue weighted by Gasteiger charge is -2.15. The number of halogens is 1. The number of rotatable bonds is 4. The van der Waals surface area contributed by atoms with Crippen LogP contribution in [0, 0.1) is 0 Å². The highest BCUT2D eigenvalue weighted by atomic mass is 79.9. The second-order valence-electron chi connectivity index (χ2n) is 9.88. The van der Waals surface area contributed by atoms with Crippen LogP contribution in [-0.2, 0) is 6.42 Å². The number of hydrogen-bond acceptors (Lipinski definition) is 0. The summed E-state index contributed by atoms with van der Waals surface area (Å²) in [7, 11) is 0. The van der Waals surface area contributed by atoms with Gasteiger partial charge in [-0.1, -0.05) is 101 Å². The van der Waals surface area contributed by atoms with Crippen molar-refractivity contribution < 1.29 is 0 Å². The molecule has 0 unspecified atom stereocenters. The van der Waals surface area contributed by atoms with Crippen molar-refractivity contribution in [3.8, 4) is 39.1 Å². The van der Waals surface area contributed by atoms with Crippen molar-refractivity contribution in [2.45, 2.75) is 12.8 Å². The molecule has 0 radical (unpaired) electrons. The molecule has 0 amide bonds. The molecule has 1 aromatic heterocycles. The lowest BCUT2D eigenvalue weighted by atomic mass is 9.93. The molecule has 1 heterocycles. The van der Waals surface area contributed by atoms with Crippen molar-refractivity contribution in [2.75, 3.05) is 0 Å². The predicted octanol–water partition coefficient (Wildman–Crippen LogP) is 10.4. The van der Waals surface area contributed by atoms with Gasteiger partial charge in [0.05, 0.1) is 5.52 Å². The average Bonchev–Trinajstić information content (AvgIpc) is 3.31. The standard InChI is InChI=1S/C36H26BrN/c37-31-18-19-36-34(24-31)33-16-7-8-17-35(33)38(36)32-15-9-14-27(23-32)30-21-28(25-10-3-1-4-11-25)20-29(22-30)26-12-5-2-6-13-26/h1-7,9-16,18-24H,8,17H2. The third-order valence-electron chi connectivity index (χ3n) is 7.49. The van der Waals surface area contributed by atoms with Gasteiger partial charge in [-0.15, -0.1) is 0 Å². The molecule has 0 atom stereocenters. The topological polar surface area (TPSA) is 4.93 Å². The third kappa shape index (κ3) is 4.12. The monoisotopic (exact) mass is 551 g/mol. The van der Waals surface area contributed by atoms with Crippen molar-refractivity contribution in [2.24, 2.45) is 0 Å². The van der Waals surface area contributed by atoms with Gasteiger partial charge in [-0.2, -0.15) is 0 Å². The molecule has 0 saturated carbocycles. The quantitative estimate of drug-likeness (QED) is 0.205. The number of fused-ring (bicyclic) bond motifs is 3. The van der Waals surface area contributed by atoms with E-state index in [0.29, 0.717) is 0 Å². The molecule has 0 bridgehead atoms. The van der Waals surface area contributed by atoms with Gasteiger partial charge in [0, 0.05) is 26.8 Å². The van der Waals surface area contributed by atoms with Crippen molar-refractivity contribution in [3.05, 3.63) is 143 Å². The van der Waals surface area contributed by atoms with Gasteiger partial charge < -0.3 is 4.57 Å². The maximum atomic E-state index is 3.69. The van der Waals surface area contributed by atoms with Crippen molar-refractivity contribution in [1.29, 1.82) is 0 Å². The summed E-state index contributed by atoms with van der Waals surface area (Å²) in [5.74, 6) is 0. The lowest BCUT2D eigenvalue weighted by molar-refractivity contribution is 0.889. The summed E-state index contributed by atoms with van der Waals surface area (Å²) in [6, 6.07) is 43.9. The second-order valence-corrected chi connectivity index (χ2v) is 10.8. The van der Waals surface area contributed by atoms with Crippen LogP contribution in [0.15, 0.2) is 132 Å². The fourth-order valence-electron chi connectivity index (χ4n) is 5.70. The third-order valence-corrected chi connectivity index (χ3v) is 7.98. The molecular formula is C36H26BrN. The number of aromatic nitrogens is 1. The minimum atomic E-state index is 1.05. The van der Waals surface area contributed by atoms with Crippen LogP contribution in [0.2, 0.25) is 0 Å². The minimum absolute atomic E-state index is 1.05. The van der Waals surface area contributed by atoms with E-state index in [4.69, 9.17) is 0 Å². The molecule has 0 saturated heterocycles. The van der Waals surface area contributed by atoms with Gasteiger partial charge in [0.2, 0.25) is 0 Å². The molecule has 1 aliphatic rings. The van der Waals surface area contributed by atoms with E-state index in [1.54, 1.807) is 0 Å². The number of benzene rings is 5. The first-order chi connectivity index (χ1) is 18.7. The van der Waals surface area contributed by atoms with Crippen LogP contribution in [0.3, 0.4) is 0 Å². The summed E-state index contributed by atoms with van der Waals surface area (Å²) in [5, 5.41) is 1.30. The van der Waals surface area contributed by atoms with E-state index in [1.807, 2.05) is 0 Å². The molecular weight excluding hydrogens is 526 g/mol. The largest absolute Gasteiger partial charge is 0.313 e. The van der Waals surface area contributed by atoms with E-state index in [1.165, 1.54) is 61.2 Å². The zero-order chi connectivity index (χ0) is 25.5. The first-order valence-electron chi connectivity index (χ1n) is 13.1. The van der Waals surface area contributed by atoms with Crippen LogP contribution in [0.25, 0.3) is 56.0 Å². The second kappa shape index (κ2) is 9.63. The van der Waals surface area contributed by atoms with E-state index in [0.717, 1.165) is 17.3 Å². The molecule has 182 valence electrons. The predicted molar refractivity (Wildman–Crippen MR) is 165 cm³/mol. The van der Waals surface area contributed by atoms with E-state index in [-0.39, 0.29) is 0 Å². The Morgan fingerprint density at radius 3 is 1.87 bits per heavy atom. The Labute approximate surface area is 231 Å². The fraction of sp³-hybridized carbons (Fsp3) is 0.0556. The van der Waals surface area contributed by atoms with E-state index in [9.17, 15) is 0 Å². The van der Waals surface area contributed by atoms with Crippen molar-refractivity contribution in [1.82, 2.24) is 4.57 Å². The van der Waals surface area contributed by atoms with E-state index < -0.39 is 0 Å². The molecule has 0 fully saturated rings. The Morgan fingerprint density at radius 2 is 1.18 bits per heavy atom. The zero-order valence-electron chi connectivity index (χ0n) is 20.9. The Balaban J connectivity index is 1.42. The summed E-state index contributed by atoms with van der Waals surface area (Å²) >= 11 is 3.69. The van der Waals surface area contributed by atoms with Gasteiger partial charge in [-0.3, -0.25) is 0 Å². The highest BCUT2D eigenvalue weighted by Crippen LogP contribution is 2.37. The first-order valence-corrected chi connectivity index (χ1v) is 13.9. The number of allylic oxidation sites excluding steroid dienone is 1. The Kier molecular flexibility index (Phi) is 5.83. The molecule has 0 spiro atoms. The van der Waals surface area contributed by atoms with E-state index in [2.05, 4.69) is 154 Å². The Morgan fingerprint density at radius 1 is 0.553 bits per heavy atom. The molecule has 7 rings (SSSR count). The van der Waals surface area contributed by atoms with Gasteiger partial charge in [0.15, 0.2) is 0 Å². The number of nitrogens with zero attached hydrogens (tertiary/aromatic N) is 1. The maximum Gasteiger partial charge on any atom is 0.0538 e. The molecule has 2 heteroatoms. The average molecular weight is 553 g/mol. The van der Waals surface area contributed by atoms with Crippen LogP contribution >= 0.6 is 15.9 Å². The minimum Gasteiger partial charge on any atom is -0.313 e. The molecule has 6 aromatic rings. The van der Waals surface area contributed by atoms with Crippen molar-refractivity contribution >= 4 is 32.9 Å². The van der Waals surface area contributed by atoms with Crippen LogP contribution in [0.1, 0.15) is 17.7 Å². The van der Waals surface area contributed by atoms with Crippen LogP contribution in [0.4, 0.5) is 0 Å². The molecule has 0 N–H and O–H groups in total. The van der Waals surface area contributed by atoms with Crippen molar-refractivity contribution in [3.63, 3.8) is 0 Å². The normalized spacial score (nSPS) is 12.6. The maximum absolute atomic E-state index is 3.69. The number of hydrogen-bond donors (Lipinski definition) is 0. The Bertz CT molecular complexity index is 1750. The fourth-order valence-corrected chi connectivity index (χ4v) is 6.06. The summed E-state index contributed by atoms with van der Waals surface area (Å²) in [5.41, 5.74) is 12.5. The lowest BCUT2D eigenvalue weighted by Crippen LogP contribution is -2.03. The molecule has 0 aliphatic heterocycles. The summed E-state index contributed by atoms with van der Waals surface area (Å²) < 4.78 is 3.58. The molecule has 5 aromatic carbocycles. The van der Waals surface area contributed by atoms with Gasteiger partial charge in [-0.05, 0) is 94.8 Å². The van der Waals surface area contributed by atoms with Crippen LogP contribution in [-0.4, -0.2) is 4.57 Å². The van der Waals surface area contributed by atoms with Crippen LogP contribution in [0.5, 0.6) is 0 Å². The van der Waals surface area contributed by atoms with Gasteiger partial charge in [0.25, 0.3) is 0 Å². The smallest absolute Gasteiger partial charge is 0.0538 e. The van der Waals surface area contributed by atoms with Gasteiger partial charge in [-0.25, -0.2) is 0 Å². The first kappa shape index (κ1) is 23.0. The summed E-state index contributed by atoms with van der Waals surface area (Å²) in [4.78, 5) is 0. The molecule has 1 nitrogen and oxygen atoms in total. The van der Waals surface area contributed by atoms with Crippen LogP contribution < -0.4 is 0 Å². The van der Waals surface area contributed by atoms with Gasteiger partial charge >= 0.3 is 0 Å². The zero-order valence-corrected chi connectivity index (χ0v) is 22.5. The van der Waals surface area contributed by atoms with Gasteiger partial charge in [0.1, 0.15) is 0 Å². The highest BCUT2D eigenvalue weighted by molar-refractivity contribution is 9.10. The van der Waals surface area contributed by atoms with E-state index >= 15 is 0 Å². The Hall–Kier alpha value is -4.14. The summed E-state index contributed by atoms with van der Waals surface area (Å²) in [6.07, 6.45) is 6.71. The highest BCUT2D eigenvalue weighted by Gasteiger charge is 2.19. The summed E-state index contributed by atoms with van der Waals surface area (Å²) in [6.45, 7) is 0. The SMILES string of the molecule is Brc1ccc2c(c1)c1c(n2-c2cccc(-c3cc(-c4ccccc4)cc(-c4ccccc4)c3)c2)CCC=C1. The molecule has 38 heavy (non-hydrogen) atoms. The molecule has 1 aliphatic carbocycles.